The molecular formula is C34H53N5O7. The number of ketones is 1. The lowest BCUT2D eigenvalue weighted by atomic mass is 9.85. The Morgan fingerprint density at radius 3 is 2.04 bits per heavy atom. The molecule has 1 fully saturated rings. The minimum atomic E-state index is -1.13. The van der Waals surface area contributed by atoms with Crippen LogP contribution < -0.4 is 21.7 Å². The normalized spacial score (nSPS) is 15.7. The quantitative estimate of drug-likeness (QED) is 0.149. The lowest BCUT2D eigenvalue weighted by molar-refractivity contribution is -0.148. The van der Waals surface area contributed by atoms with Gasteiger partial charge in [-0.15, -0.1) is 0 Å². The van der Waals surface area contributed by atoms with Crippen molar-refractivity contribution in [2.75, 3.05) is 6.54 Å². The van der Waals surface area contributed by atoms with Gasteiger partial charge >= 0.3 is 12.0 Å². The summed E-state index contributed by atoms with van der Waals surface area (Å²) in [6, 6.07) is 4.28. The van der Waals surface area contributed by atoms with Crippen LogP contribution in [0, 0.1) is 23.2 Å². The number of amides is 5. The summed E-state index contributed by atoms with van der Waals surface area (Å²) >= 11 is 0. The average molecular weight is 644 g/mol. The van der Waals surface area contributed by atoms with Crippen molar-refractivity contribution in [3.05, 3.63) is 35.9 Å². The maximum atomic E-state index is 14.2. The Morgan fingerprint density at radius 1 is 0.935 bits per heavy atom. The van der Waals surface area contributed by atoms with Gasteiger partial charge in [0.05, 0.1) is 6.04 Å². The highest BCUT2D eigenvalue weighted by atomic mass is 16.5. The molecule has 1 aliphatic rings. The second-order valence-electron chi connectivity index (χ2n) is 14.1. The van der Waals surface area contributed by atoms with E-state index in [1.54, 1.807) is 41.5 Å². The maximum absolute atomic E-state index is 14.2. The Bertz CT molecular complexity index is 1220. The predicted octanol–water partition coefficient (Wildman–Crippen LogP) is 3.07. The van der Waals surface area contributed by atoms with Crippen molar-refractivity contribution in [2.24, 2.45) is 28.9 Å². The maximum Gasteiger partial charge on any atom is 0.329 e. The van der Waals surface area contributed by atoms with Crippen molar-refractivity contribution in [3.63, 3.8) is 0 Å². The van der Waals surface area contributed by atoms with E-state index in [1.807, 2.05) is 44.2 Å². The van der Waals surface area contributed by atoms with E-state index in [2.05, 4.69) is 16.0 Å². The largest absolute Gasteiger partial charge is 0.459 e. The first-order valence-corrected chi connectivity index (χ1v) is 16.1. The predicted molar refractivity (Wildman–Crippen MR) is 174 cm³/mol. The van der Waals surface area contributed by atoms with E-state index >= 15 is 0 Å². The first kappa shape index (κ1) is 38.2. The SMILES string of the molecule is CC(C)CCN(C(=O)[C@@H](NC(=O)N[C@H](C(=O)OCc1ccccc1)C(C)C)C(C)(C)C)[C@@H](C)C(=O)NC(CC1CC1)C(=O)C(N)=O. The number of nitrogens with one attached hydrogen (secondary N) is 3. The summed E-state index contributed by atoms with van der Waals surface area (Å²) in [5.41, 5.74) is 5.25. The highest BCUT2D eigenvalue weighted by Gasteiger charge is 2.40. The van der Waals surface area contributed by atoms with E-state index in [4.69, 9.17) is 10.5 Å². The van der Waals surface area contributed by atoms with Gasteiger partial charge in [0.15, 0.2) is 0 Å². The molecule has 2 rings (SSSR count). The topological polar surface area (TPSA) is 177 Å². The zero-order chi connectivity index (χ0) is 34.8. The number of carbonyl (C=O) groups is 6. The molecule has 0 bridgehead atoms. The Morgan fingerprint density at radius 2 is 1.54 bits per heavy atom. The number of primary amides is 1. The van der Waals surface area contributed by atoms with Crippen LogP contribution in [0.5, 0.6) is 0 Å². The van der Waals surface area contributed by atoms with Crippen molar-refractivity contribution in [2.45, 2.75) is 112 Å². The molecule has 12 nitrogen and oxygen atoms in total. The van der Waals surface area contributed by atoms with Gasteiger partial charge in [0, 0.05) is 6.54 Å². The van der Waals surface area contributed by atoms with Gasteiger partial charge in [0.25, 0.3) is 5.91 Å². The number of hydrogen-bond acceptors (Lipinski definition) is 7. The molecular weight excluding hydrogens is 590 g/mol. The van der Waals surface area contributed by atoms with Crippen molar-refractivity contribution in [1.29, 1.82) is 0 Å². The van der Waals surface area contributed by atoms with Gasteiger partial charge < -0.3 is 31.3 Å². The van der Waals surface area contributed by atoms with Crippen LogP contribution in [-0.4, -0.2) is 71.1 Å². The smallest absolute Gasteiger partial charge is 0.329 e. The molecule has 0 spiro atoms. The lowest BCUT2D eigenvalue weighted by Crippen LogP contribution is -2.62. The molecule has 1 aromatic carbocycles. The van der Waals surface area contributed by atoms with E-state index < -0.39 is 65.1 Å². The second-order valence-corrected chi connectivity index (χ2v) is 14.1. The van der Waals surface area contributed by atoms with Crippen molar-refractivity contribution in [1.82, 2.24) is 20.9 Å². The summed E-state index contributed by atoms with van der Waals surface area (Å²) in [4.78, 5) is 79.5. The summed E-state index contributed by atoms with van der Waals surface area (Å²) in [7, 11) is 0. The van der Waals surface area contributed by atoms with E-state index in [0.29, 0.717) is 12.8 Å². The van der Waals surface area contributed by atoms with Gasteiger partial charge in [-0.25, -0.2) is 9.59 Å². The average Bonchev–Trinajstić information content (AvgIpc) is 3.80. The Hall–Kier alpha value is -3.96. The minimum Gasteiger partial charge on any atom is -0.459 e. The van der Waals surface area contributed by atoms with Crippen LogP contribution in [0.4, 0.5) is 4.79 Å². The molecule has 0 saturated heterocycles. The Kier molecular flexibility index (Phi) is 14.2. The summed E-state index contributed by atoms with van der Waals surface area (Å²) < 4.78 is 5.46. The van der Waals surface area contributed by atoms with Gasteiger partial charge in [0.1, 0.15) is 24.7 Å². The summed E-state index contributed by atoms with van der Waals surface area (Å²) in [5.74, 6) is -3.60. The third-order valence-corrected chi connectivity index (χ3v) is 8.04. The number of carbonyl (C=O) groups excluding carboxylic acids is 6. The van der Waals surface area contributed by atoms with Crippen LogP contribution in [-0.2, 0) is 35.3 Å². The van der Waals surface area contributed by atoms with Gasteiger partial charge in [0.2, 0.25) is 17.6 Å². The zero-order valence-corrected chi connectivity index (χ0v) is 28.6. The molecule has 1 aliphatic carbocycles. The number of ether oxygens (including phenoxy) is 1. The fraction of sp³-hybridized carbons (Fsp3) is 0.647. The number of benzene rings is 1. The number of nitrogens with zero attached hydrogens (tertiary/aromatic N) is 1. The third kappa shape index (κ3) is 12.1. The standard InChI is InChI=1S/C34H53N5O7/c1-20(2)16-17-39(22(5)30(42)36-25(18-23-14-15-23)27(40)29(35)41)31(43)28(34(6,7)8)38-33(45)37-26(21(3)4)32(44)46-19-24-12-10-9-11-13-24/h9-13,20-23,25-26,28H,14-19H2,1-8H3,(H2,35,41)(H,36,42)(H2,37,38,45)/t22-,25?,26-,28+/m0/s1. The summed E-state index contributed by atoms with van der Waals surface area (Å²) in [6.07, 6.45) is 2.67. The molecule has 0 radical (unpaired) electrons. The van der Waals surface area contributed by atoms with Crippen LogP contribution >= 0.6 is 0 Å². The highest BCUT2D eigenvalue weighted by molar-refractivity contribution is 6.37. The molecule has 0 aliphatic heterocycles. The van der Waals surface area contributed by atoms with Crippen LogP contribution in [0.1, 0.15) is 86.6 Å². The van der Waals surface area contributed by atoms with Gasteiger partial charge in [-0.05, 0) is 48.5 Å². The molecule has 46 heavy (non-hydrogen) atoms. The highest BCUT2D eigenvalue weighted by Crippen LogP contribution is 2.33. The second kappa shape index (κ2) is 17.1. The number of urea groups is 1. The monoisotopic (exact) mass is 643 g/mol. The number of rotatable bonds is 17. The molecule has 4 atom stereocenters. The summed E-state index contributed by atoms with van der Waals surface area (Å²) in [6.45, 7) is 14.7. The zero-order valence-electron chi connectivity index (χ0n) is 28.6. The Labute approximate surface area is 272 Å². The molecule has 256 valence electrons. The van der Waals surface area contributed by atoms with E-state index in [0.717, 1.165) is 18.4 Å². The first-order valence-electron chi connectivity index (χ1n) is 16.1. The van der Waals surface area contributed by atoms with Crippen molar-refractivity contribution >= 4 is 35.5 Å². The number of nitrogens with two attached hydrogens (primary N) is 1. The van der Waals surface area contributed by atoms with Crippen LogP contribution in [0.2, 0.25) is 0 Å². The minimum absolute atomic E-state index is 0.0482. The first-order chi connectivity index (χ1) is 21.4. The van der Waals surface area contributed by atoms with Crippen LogP contribution in [0.3, 0.4) is 0 Å². The van der Waals surface area contributed by atoms with E-state index in [-0.39, 0.29) is 30.9 Å². The van der Waals surface area contributed by atoms with Crippen LogP contribution in [0.15, 0.2) is 30.3 Å². The van der Waals surface area contributed by atoms with E-state index in [9.17, 15) is 28.8 Å². The summed E-state index contributed by atoms with van der Waals surface area (Å²) in [5, 5.41) is 8.06. The molecule has 12 heteroatoms. The number of esters is 1. The molecule has 5 N–H and O–H groups in total. The molecule has 0 aromatic heterocycles. The van der Waals surface area contributed by atoms with Gasteiger partial charge in [-0.3, -0.25) is 19.2 Å². The molecule has 0 heterocycles. The lowest BCUT2D eigenvalue weighted by Gasteiger charge is -2.38. The van der Waals surface area contributed by atoms with Crippen LogP contribution in [0.25, 0.3) is 0 Å². The fourth-order valence-corrected chi connectivity index (χ4v) is 4.86. The van der Waals surface area contributed by atoms with E-state index in [1.165, 1.54) is 4.90 Å². The van der Waals surface area contributed by atoms with Gasteiger partial charge in [-0.1, -0.05) is 91.6 Å². The van der Waals surface area contributed by atoms with Crippen molar-refractivity contribution < 1.29 is 33.5 Å². The Balaban J connectivity index is 2.23. The number of Topliss-reactive ketones (excluding diaryl/α,β-unsaturated/α-hetero) is 1. The van der Waals surface area contributed by atoms with Crippen molar-refractivity contribution in [3.8, 4) is 0 Å². The molecule has 1 unspecified atom stereocenters. The third-order valence-electron chi connectivity index (χ3n) is 8.04. The fourth-order valence-electron chi connectivity index (χ4n) is 4.86. The molecule has 1 aromatic rings. The number of hydrogen-bond donors (Lipinski definition) is 4. The molecule has 1 saturated carbocycles. The van der Waals surface area contributed by atoms with Gasteiger partial charge in [-0.2, -0.15) is 0 Å². The molecule has 5 amide bonds.